The minimum atomic E-state index is -1.08. The summed E-state index contributed by atoms with van der Waals surface area (Å²) >= 11 is 6.88. The maximum Gasteiger partial charge on any atom is 0.336 e. The number of aromatic carboxylic acids is 1. The Bertz CT molecular complexity index is 595. The molecule has 2 nitrogen and oxygen atoms in total. The average molecular weight is 275 g/mol. The summed E-state index contributed by atoms with van der Waals surface area (Å²) in [4.78, 5) is 11.2. The van der Waals surface area contributed by atoms with Crippen molar-refractivity contribution < 1.29 is 18.7 Å². The van der Waals surface area contributed by atoms with Crippen LogP contribution >= 0.6 is 22.9 Å². The van der Waals surface area contributed by atoms with Gasteiger partial charge in [0.2, 0.25) is 0 Å². The van der Waals surface area contributed by atoms with Crippen molar-refractivity contribution in [1.82, 2.24) is 0 Å². The van der Waals surface area contributed by atoms with E-state index >= 15 is 0 Å². The summed E-state index contributed by atoms with van der Waals surface area (Å²) in [5.41, 5.74) is 0.369. The van der Waals surface area contributed by atoms with Crippen LogP contribution in [0.25, 0.3) is 10.4 Å². The minimum Gasteiger partial charge on any atom is -0.478 e. The first-order valence-corrected chi connectivity index (χ1v) is 5.71. The first-order chi connectivity index (χ1) is 7.99. The van der Waals surface area contributed by atoms with Gasteiger partial charge in [0.15, 0.2) is 11.6 Å². The molecule has 0 saturated carbocycles. The normalized spacial score (nSPS) is 10.5. The predicted octanol–water partition coefficient (Wildman–Crippen LogP) is 4.04. The number of hydrogen-bond acceptors (Lipinski definition) is 2. The molecule has 2 aromatic rings. The van der Waals surface area contributed by atoms with Crippen LogP contribution in [-0.4, -0.2) is 11.1 Å². The Kier molecular flexibility index (Phi) is 3.13. The number of hydrogen-bond donors (Lipinski definition) is 1. The molecule has 1 N–H and O–H groups in total. The predicted molar refractivity (Wildman–Crippen MR) is 61.6 cm³/mol. The van der Waals surface area contributed by atoms with E-state index in [-0.39, 0.29) is 16.1 Å². The molecule has 0 aliphatic heterocycles. The molecule has 0 spiro atoms. The van der Waals surface area contributed by atoms with E-state index < -0.39 is 17.6 Å². The van der Waals surface area contributed by atoms with Crippen LogP contribution in [0.5, 0.6) is 0 Å². The van der Waals surface area contributed by atoms with Crippen LogP contribution < -0.4 is 0 Å². The summed E-state index contributed by atoms with van der Waals surface area (Å²) in [5.74, 6) is -3.13. The summed E-state index contributed by atoms with van der Waals surface area (Å²) in [5, 5.41) is 10.2. The van der Waals surface area contributed by atoms with Crippen LogP contribution in [0.1, 0.15) is 10.4 Å². The van der Waals surface area contributed by atoms with Crippen LogP contribution in [0, 0.1) is 11.6 Å². The SMILES string of the molecule is O=C(O)c1csc(-c2cc(F)c(F)cc2Cl)c1. The third kappa shape index (κ3) is 2.30. The Morgan fingerprint density at radius 1 is 1.24 bits per heavy atom. The monoisotopic (exact) mass is 274 g/mol. The molecule has 88 valence electrons. The molecule has 0 fully saturated rings. The minimum absolute atomic E-state index is 0.0442. The summed E-state index contributed by atoms with van der Waals surface area (Å²) in [7, 11) is 0. The van der Waals surface area contributed by atoms with Crippen molar-refractivity contribution in [3.63, 3.8) is 0 Å². The number of thiophene rings is 1. The van der Waals surface area contributed by atoms with Crippen LogP contribution in [0.3, 0.4) is 0 Å². The number of halogens is 3. The summed E-state index contributed by atoms with van der Waals surface area (Å²) < 4.78 is 25.9. The molecule has 0 saturated heterocycles. The van der Waals surface area contributed by atoms with Crippen molar-refractivity contribution in [3.05, 3.63) is 45.8 Å². The van der Waals surface area contributed by atoms with Crippen molar-refractivity contribution in [2.24, 2.45) is 0 Å². The number of carboxylic acid groups (broad SMARTS) is 1. The van der Waals surface area contributed by atoms with Gasteiger partial charge in [-0.1, -0.05) is 11.6 Å². The van der Waals surface area contributed by atoms with E-state index in [0.717, 1.165) is 23.5 Å². The van der Waals surface area contributed by atoms with E-state index in [2.05, 4.69) is 0 Å². The fourth-order valence-corrected chi connectivity index (χ4v) is 2.52. The van der Waals surface area contributed by atoms with Crippen molar-refractivity contribution in [3.8, 4) is 10.4 Å². The Balaban J connectivity index is 2.52. The lowest BCUT2D eigenvalue weighted by atomic mass is 10.1. The molecule has 0 radical (unpaired) electrons. The Morgan fingerprint density at radius 2 is 1.88 bits per heavy atom. The van der Waals surface area contributed by atoms with Gasteiger partial charge in [-0.25, -0.2) is 13.6 Å². The molecule has 0 amide bonds. The molecule has 6 heteroatoms. The smallest absolute Gasteiger partial charge is 0.336 e. The molecule has 1 aromatic carbocycles. The van der Waals surface area contributed by atoms with E-state index in [1.807, 2.05) is 0 Å². The van der Waals surface area contributed by atoms with E-state index in [1.54, 1.807) is 0 Å². The zero-order valence-corrected chi connectivity index (χ0v) is 9.78. The van der Waals surface area contributed by atoms with Crippen molar-refractivity contribution >= 4 is 28.9 Å². The van der Waals surface area contributed by atoms with Gasteiger partial charge in [0.05, 0.1) is 10.6 Å². The molecule has 17 heavy (non-hydrogen) atoms. The highest BCUT2D eigenvalue weighted by molar-refractivity contribution is 7.14. The molecular weight excluding hydrogens is 270 g/mol. The number of carbonyl (C=O) groups is 1. The van der Waals surface area contributed by atoms with Crippen LogP contribution in [0.4, 0.5) is 8.78 Å². The van der Waals surface area contributed by atoms with Gasteiger partial charge in [0, 0.05) is 15.8 Å². The lowest BCUT2D eigenvalue weighted by Crippen LogP contribution is -1.91. The lowest BCUT2D eigenvalue weighted by Gasteiger charge is -2.02. The van der Waals surface area contributed by atoms with Crippen molar-refractivity contribution in [2.45, 2.75) is 0 Å². The second kappa shape index (κ2) is 4.43. The average Bonchev–Trinajstić information content (AvgIpc) is 2.72. The van der Waals surface area contributed by atoms with E-state index in [0.29, 0.717) is 4.88 Å². The molecule has 1 aromatic heterocycles. The highest BCUT2D eigenvalue weighted by Gasteiger charge is 2.13. The molecular formula is C11H5ClF2O2S. The Morgan fingerprint density at radius 3 is 2.47 bits per heavy atom. The Labute approximate surface area is 104 Å². The Hall–Kier alpha value is -1.46. The third-order valence-electron chi connectivity index (χ3n) is 2.12. The maximum absolute atomic E-state index is 13.1. The van der Waals surface area contributed by atoms with Gasteiger partial charge in [-0.15, -0.1) is 11.3 Å². The first kappa shape index (κ1) is 12.0. The van der Waals surface area contributed by atoms with Crippen LogP contribution in [0.2, 0.25) is 5.02 Å². The molecule has 0 aliphatic rings. The van der Waals surface area contributed by atoms with Gasteiger partial charge in [0.1, 0.15) is 0 Å². The molecule has 0 unspecified atom stereocenters. The molecule has 0 bridgehead atoms. The standard InChI is InChI=1S/C11H5ClF2O2S/c12-7-3-9(14)8(13)2-6(7)10-1-5(4-17-10)11(15)16/h1-4H,(H,15,16). The fraction of sp³-hybridized carbons (Fsp3) is 0. The first-order valence-electron chi connectivity index (χ1n) is 4.46. The van der Waals surface area contributed by atoms with Gasteiger partial charge >= 0.3 is 5.97 Å². The van der Waals surface area contributed by atoms with Gasteiger partial charge in [0.25, 0.3) is 0 Å². The van der Waals surface area contributed by atoms with Gasteiger partial charge < -0.3 is 5.11 Å². The number of rotatable bonds is 2. The molecule has 0 atom stereocenters. The van der Waals surface area contributed by atoms with Crippen LogP contribution in [0.15, 0.2) is 23.6 Å². The molecule has 0 aliphatic carbocycles. The molecule has 2 rings (SSSR count). The summed E-state index contributed by atoms with van der Waals surface area (Å²) in [6.07, 6.45) is 0. The highest BCUT2D eigenvalue weighted by Crippen LogP contribution is 2.34. The topological polar surface area (TPSA) is 37.3 Å². The van der Waals surface area contributed by atoms with E-state index in [4.69, 9.17) is 16.7 Å². The second-order valence-corrected chi connectivity index (χ2v) is 4.57. The highest BCUT2D eigenvalue weighted by atomic mass is 35.5. The fourth-order valence-electron chi connectivity index (χ4n) is 1.30. The number of carboxylic acids is 1. The zero-order valence-electron chi connectivity index (χ0n) is 8.21. The number of benzene rings is 1. The van der Waals surface area contributed by atoms with E-state index in [1.165, 1.54) is 11.4 Å². The molecule has 1 heterocycles. The van der Waals surface area contributed by atoms with Crippen molar-refractivity contribution in [2.75, 3.05) is 0 Å². The van der Waals surface area contributed by atoms with E-state index in [9.17, 15) is 13.6 Å². The summed E-state index contributed by atoms with van der Waals surface area (Å²) in [6, 6.07) is 3.19. The quantitative estimate of drug-likeness (QED) is 0.839. The lowest BCUT2D eigenvalue weighted by molar-refractivity contribution is 0.0697. The van der Waals surface area contributed by atoms with Gasteiger partial charge in [-0.2, -0.15) is 0 Å². The maximum atomic E-state index is 13.1. The third-order valence-corrected chi connectivity index (χ3v) is 3.40. The largest absolute Gasteiger partial charge is 0.478 e. The second-order valence-electron chi connectivity index (χ2n) is 3.25. The van der Waals surface area contributed by atoms with Crippen LogP contribution in [-0.2, 0) is 0 Å². The van der Waals surface area contributed by atoms with Crippen molar-refractivity contribution in [1.29, 1.82) is 0 Å². The summed E-state index contributed by atoms with van der Waals surface area (Å²) in [6.45, 7) is 0. The van der Waals surface area contributed by atoms with Gasteiger partial charge in [-0.05, 0) is 18.2 Å². The zero-order chi connectivity index (χ0) is 12.6. The van der Waals surface area contributed by atoms with Gasteiger partial charge in [-0.3, -0.25) is 0 Å².